The molecule has 0 atom stereocenters. The standard InChI is InChI=1S/C17H18BrN/c18-16-8-6-13(7-9-16)12-19-17-10-15(11-17)14-4-2-1-3-5-14/h1-9,15,17,19H,10-12H2. The zero-order valence-corrected chi connectivity index (χ0v) is 12.4. The van der Waals surface area contributed by atoms with Crippen molar-refractivity contribution in [1.82, 2.24) is 5.32 Å². The summed E-state index contributed by atoms with van der Waals surface area (Å²) in [4.78, 5) is 0. The van der Waals surface area contributed by atoms with Crippen molar-refractivity contribution in [2.75, 3.05) is 0 Å². The Morgan fingerprint density at radius 1 is 0.947 bits per heavy atom. The molecule has 1 fully saturated rings. The van der Waals surface area contributed by atoms with Gasteiger partial charge in [0.25, 0.3) is 0 Å². The van der Waals surface area contributed by atoms with Gasteiger partial charge in [0, 0.05) is 17.1 Å². The van der Waals surface area contributed by atoms with Crippen molar-refractivity contribution in [2.24, 2.45) is 0 Å². The second kappa shape index (κ2) is 5.89. The Morgan fingerprint density at radius 2 is 1.63 bits per heavy atom. The molecule has 0 aliphatic heterocycles. The molecule has 0 bridgehead atoms. The molecule has 1 aliphatic carbocycles. The number of nitrogens with one attached hydrogen (secondary N) is 1. The lowest BCUT2D eigenvalue weighted by Crippen LogP contribution is -2.39. The lowest BCUT2D eigenvalue weighted by atomic mass is 9.76. The molecule has 98 valence electrons. The van der Waals surface area contributed by atoms with Gasteiger partial charge >= 0.3 is 0 Å². The maximum Gasteiger partial charge on any atom is 0.0208 e. The Kier molecular flexibility index (Phi) is 4.00. The molecule has 1 N–H and O–H groups in total. The van der Waals surface area contributed by atoms with Crippen molar-refractivity contribution < 1.29 is 0 Å². The molecule has 1 nitrogen and oxygen atoms in total. The molecule has 2 aromatic rings. The van der Waals surface area contributed by atoms with E-state index in [1.165, 1.54) is 24.0 Å². The Hall–Kier alpha value is -1.12. The van der Waals surface area contributed by atoms with Gasteiger partial charge in [0.1, 0.15) is 0 Å². The monoisotopic (exact) mass is 315 g/mol. The van der Waals surface area contributed by atoms with Gasteiger partial charge in [-0.1, -0.05) is 58.4 Å². The molecule has 0 heterocycles. The van der Waals surface area contributed by atoms with E-state index in [-0.39, 0.29) is 0 Å². The first-order valence-corrected chi connectivity index (χ1v) is 7.63. The van der Waals surface area contributed by atoms with Gasteiger partial charge in [0.15, 0.2) is 0 Å². The molecule has 2 heteroatoms. The van der Waals surface area contributed by atoms with Crippen LogP contribution in [-0.4, -0.2) is 6.04 Å². The highest BCUT2D eigenvalue weighted by atomic mass is 79.9. The maximum absolute atomic E-state index is 3.64. The van der Waals surface area contributed by atoms with Crippen molar-refractivity contribution in [3.8, 4) is 0 Å². The van der Waals surface area contributed by atoms with Gasteiger partial charge in [0.05, 0.1) is 0 Å². The smallest absolute Gasteiger partial charge is 0.0208 e. The van der Waals surface area contributed by atoms with Crippen LogP contribution in [0.1, 0.15) is 29.9 Å². The largest absolute Gasteiger partial charge is 0.310 e. The molecule has 0 radical (unpaired) electrons. The molecule has 19 heavy (non-hydrogen) atoms. The Labute approximate surface area is 123 Å². The zero-order valence-electron chi connectivity index (χ0n) is 10.9. The highest BCUT2D eigenvalue weighted by Gasteiger charge is 2.29. The van der Waals surface area contributed by atoms with E-state index >= 15 is 0 Å². The van der Waals surface area contributed by atoms with Crippen LogP contribution in [0.25, 0.3) is 0 Å². The predicted octanol–water partition coefficient (Wildman–Crippen LogP) is 4.48. The Balaban J connectivity index is 1.46. The van der Waals surface area contributed by atoms with Crippen LogP contribution < -0.4 is 5.32 Å². The first-order chi connectivity index (χ1) is 9.31. The quantitative estimate of drug-likeness (QED) is 0.876. The summed E-state index contributed by atoms with van der Waals surface area (Å²) >= 11 is 3.46. The van der Waals surface area contributed by atoms with Gasteiger partial charge in [-0.2, -0.15) is 0 Å². The third-order valence-electron chi connectivity index (χ3n) is 3.92. The average Bonchev–Trinajstić information content (AvgIpc) is 2.40. The SMILES string of the molecule is Brc1ccc(CNC2CC(c3ccccc3)C2)cc1. The fourth-order valence-corrected chi connectivity index (χ4v) is 2.91. The van der Waals surface area contributed by atoms with Crippen LogP contribution in [0.5, 0.6) is 0 Å². The Bertz CT molecular complexity index is 515. The molecule has 0 saturated heterocycles. The van der Waals surface area contributed by atoms with E-state index in [0.29, 0.717) is 6.04 Å². The summed E-state index contributed by atoms with van der Waals surface area (Å²) in [7, 11) is 0. The lowest BCUT2D eigenvalue weighted by Gasteiger charge is -2.36. The van der Waals surface area contributed by atoms with Gasteiger partial charge in [-0.05, 0) is 42.0 Å². The van der Waals surface area contributed by atoms with E-state index in [1.807, 2.05) is 0 Å². The van der Waals surface area contributed by atoms with E-state index in [9.17, 15) is 0 Å². The molecule has 2 aromatic carbocycles. The van der Waals surface area contributed by atoms with Gasteiger partial charge < -0.3 is 5.32 Å². The minimum Gasteiger partial charge on any atom is -0.310 e. The summed E-state index contributed by atoms with van der Waals surface area (Å²) in [5, 5.41) is 3.64. The Morgan fingerprint density at radius 3 is 2.32 bits per heavy atom. The van der Waals surface area contributed by atoms with E-state index in [0.717, 1.165) is 16.9 Å². The van der Waals surface area contributed by atoms with Crippen molar-refractivity contribution in [2.45, 2.75) is 31.3 Å². The van der Waals surface area contributed by atoms with E-state index in [1.54, 1.807) is 0 Å². The molecule has 0 unspecified atom stereocenters. The minimum absolute atomic E-state index is 0.675. The summed E-state index contributed by atoms with van der Waals surface area (Å²) in [6.07, 6.45) is 2.53. The molecule has 3 rings (SSSR count). The van der Waals surface area contributed by atoms with Crippen LogP contribution >= 0.6 is 15.9 Å². The molecular formula is C17H18BrN. The van der Waals surface area contributed by atoms with Gasteiger partial charge in [-0.25, -0.2) is 0 Å². The van der Waals surface area contributed by atoms with Gasteiger partial charge in [-0.3, -0.25) is 0 Å². The van der Waals surface area contributed by atoms with Crippen LogP contribution in [-0.2, 0) is 6.54 Å². The van der Waals surface area contributed by atoms with Crippen molar-refractivity contribution in [1.29, 1.82) is 0 Å². The minimum atomic E-state index is 0.675. The zero-order chi connectivity index (χ0) is 13.1. The molecule has 0 amide bonds. The van der Waals surface area contributed by atoms with E-state index in [2.05, 4.69) is 75.8 Å². The fourth-order valence-electron chi connectivity index (χ4n) is 2.65. The molecule has 1 aliphatic rings. The van der Waals surface area contributed by atoms with Crippen LogP contribution in [0.2, 0.25) is 0 Å². The number of hydrogen-bond donors (Lipinski definition) is 1. The number of hydrogen-bond acceptors (Lipinski definition) is 1. The number of benzene rings is 2. The molecule has 1 saturated carbocycles. The third kappa shape index (κ3) is 3.26. The first-order valence-electron chi connectivity index (χ1n) is 6.84. The van der Waals surface area contributed by atoms with Crippen molar-refractivity contribution >= 4 is 15.9 Å². The van der Waals surface area contributed by atoms with Crippen molar-refractivity contribution in [3.63, 3.8) is 0 Å². The normalized spacial score (nSPS) is 21.9. The predicted molar refractivity (Wildman–Crippen MR) is 83.2 cm³/mol. The maximum atomic E-state index is 3.64. The first kappa shape index (κ1) is 12.9. The molecule has 0 spiro atoms. The van der Waals surface area contributed by atoms with Crippen LogP contribution in [0.15, 0.2) is 59.1 Å². The van der Waals surface area contributed by atoms with Crippen LogP contribution in [0.3, 0.4) is 0 Å². The van der Waals surface area contributed by atoms with Crippen molar-refractivity contribution in [3.05, 3.63) is 70.2 Å². The van der Waals surface area contributed by atoms with Crippen LogP contribution in [0.4, 0.5) is 0 Å². The summed E-state index contributed by atoms with van der Waals surface area (Å²) in [6, 6.07) is 20.1. The summed E-state index contributed by atoms with van der Waals surface area (Å²) in [6.45, 7) is 0.972. The number of halogens is 1. The summed E-state index contributed by atoms with van der Waals surface area (Å²) < 4.78 is 1.14. The second-order valence-corrected chi connectivity index (χ2v) is 6.20. The van der Waals surface area contributed by atoms with E-state index in [4.69, 9.17) is 0 Å². The topological polar surface area (TPSA) is 12.0 Å². The molecular weight excluding hydrogens is 298 g/mol. The third-order valence-corrected chi connectivity index (χ3v) is 4.45. The van der Waals surface area contributed by atoms with Crippen LogP contribution in [0, 0.1) is 0 Å². The molecule has 0 aromatic heterocycles. The summed E-state index contributed by atoms with van der Waals surface area (Å²) in [5.74, 6) is 0.753. The highest BCUT2D eigenvalue weighted by Crippen LogP contribution is 2.36. The second-order valence-electron chi connectivity index (χ2n) is 5.28. The van der Waals surface area contributed by atoms with Gasteiger partial charge in [-0.15, -0.1) is 0 Å². The number of rotatable bonds is 4. The lowest BCUT2D eigenvalue weighted by molar-refractivity contribution is 0.289. The fraction of sp³-hybridized carbons (Fsp3) is 0.294. The van der Waals surface area contributed by atoms with E-state index < -0.39 is 0 Å². The van der Waals surface area contributed by atoms with Gasteiger partial charge in [0.2, 0.25) is 0 Å². The average molecular weight is 316 g/mol. The summed E-state index contributed by atoms with van der Waals surface area (Å²) in [5.41, 5.74) is 2.84. The highest BCUT2D eigenvalue weighted by molar-refractivity contribution is 9.10.